The summed E-state index contributed by atoms with van der Waals surface area (Å²) in [5.41, 5.74) is 11.0. The quantitative estimate of drug-likeness (QED) is 0.398. The first-order valence-electron chi connectivity index (χ1n) is 7.53. The molecular formula is C14H26N4O3. The topological polar surface area (TPSA) is 119 Å². The van der Waals surface area contributed by atoms with Gasteiger partial charge < -0.3 is 26.5 Å². The number of unbranched alkanes of at least 4 members (excludes halogenated alkanes) is 1. The van der Waals surface area contributed by atoms with E-state index in [9.17, 15) is 14.4 Å². The van der Waals surface area contributed by atoms with Gasteiger partial charge in [-0.05, 0) is 45.6 Å². The number of nitrogens with one attached hydrogen (secondary N) is 1. The number of carbonyl (C=O) groups excluding carboxylic acids is 3. The Morgan fingerprint density at radius 3 is 2.71 bits per heavy atom. The maximum absolute atomic E-state index is 12.5. The van der Waals surface area contributed by atoms with Crippen LogP contribution < -0.4 is 16.8 Å². The molecule has 0 radical (unpaired) electrons. The van der Waals surface area contributed by atoms with E-state index in [0.29, 0.717) is 25.9 Å². The largest absolute Gasteiger partial charge is 0.343 e. The third-order valence-corrected chi connectivity index (χ3v) is 3.71. The Balaban J connectivity index is 2.71. The van der Waals surface area contributed by atoms with Crippen LogP contribution in [0, 0.1) is 0 Å². The predicted molar refractivity (Wildman–Crippen MR) is 79.3 cm³/mol. The van der Waals surface area contributed by atoms with Crippen LogP contribution in [0.5, 0.6) is 0 Å². The van der Waals surface area contributed by atoms with Crippen LogP contribution in [-0.4, -0.2) is 54.2 Å². The van der Waals surface area contributed by atoms with Crippen LogP contribution in [0.1, 0.15) is 39.0 Å². The van der Waals surface area contributed by atoms with Gasteiger partial charge in [0.15, 0.2) is 0 Å². The smallest absolute Gasteiger partial charge is 0.245 e. The number of likely N-dealkylation sites (tertiary alicyclic amines) is 1. The van der Waals surface area contributed by atoms with Gasteiger partial charge in [0, 0.05) is 6.54 Å². The van der Waals surface area contributed by atoms with E-state index in [1.807, 2.05) is 0 Å². The van der Waals surface area contributed by atoms with E-state index in [1.54, 1.807) is 11.8 Å². The van der Waals surface area contributed by atoms with Crippen LogP contribution in [0.25, 0.3) is 0 Å². The van der Waals surface area contributed by atoms with Crippen molar-refractivity contribution in [2.45, 2.75) is 57.2 Å². The molecule has 1 aliphatic rings. The van der Waals surface area contributed by atoms with Gasteiger partial charge in [0.1, 0.15) is 12.3 Å². The summed E-state index contributed by atoms with van der Waals surface area (Å²) in [5.74, 6) is -0.557. The number of carbonyl (C=O) groups is 3. The second kappa shape index (κ2) is 8.74. The molecule has 1 saturated heterocycles. The zero-order chi connectivity index (χ0) is 15.8. The third-order valence-electron chi connectivity index (χ3n) is 3.71. The highest BCUT2D eigenvalue weighted by atomic mass is 16.2. The first-order chi connectivity index (χ1) is 10.0. The van der Waals surface area contributed by atoms with E-state index in [0.717, 1.165) is 25.5 Å². The highest BCUT2D eigenvalue weighted by molar-refractivity contribution is 5.90. The Morgan fingerprint density at radius 2 is 2.14 bits per heavy atom. The fraction of sp³-hybridized carbons (Fsp3) is 0.786. The minimum Gasteiger partial charge on any atom is -0.343 e. The van der Waals surface area contributed by atoms with E-state index in [4.69, 9.17) is 11.5 Å². The average Bonchev–Trinajstić information content (AvgIpc) is 2.93. The lowest BCUT2D eigenvalue weighted by molar-refractivity contribution is -0.139. The van der Waals surface area contributed by atoms with Gasteiger partial charge >= 0.3 is 0 Å². The van der Waals surface area contributed by atoms with E-state index < -0.39 is 12.1 Å². The van der Waals surface area contributed by atoms with Crippen LogP contribution in [0.15, 0.2) is 0 Å². The van der Waals surface area contributed by atoms with Crippen LogP contribution in [0.4, 0.5) is 0 Å². The number of nitrogens with zero attached hydrogens (tertiary/aromatic N) is 1. The molecule has 7 heteroatoms. The number of nitrogens with two attached hydrogens (primary N) is 2. The Kier molecular flexibility index (Phi) is 7.31. The molecular weight excluding hydrogens is 272 g/mol. The lowest BCUT2D eigenvalue weighted by atomic mass is 10.1. The van der Waals surface area contributed by atoms with Gasteiger partial charge in [-0.1, -0.05) is 0 Å². The molecule has 0 unspecified atom stereocenters. The minimum absolute atomic E-state index is 0.198. The molecule has 0 saturated carbocycles. The summed E-state index contributed by atoms with van der Waals surface area (Å²) < 4.78 is 0. The second-order valence-electron chi connectivity index (χ2n) is 5.51. The summed E-state index contributed by atoms with van der Waals surface area (Å²) in [5, 5.41) is 2.68. The summed E-state index contributed by atoms with van der Waals surface area (Å²) >= 11 is 0. The van der Waals surface area contributed by atoms with Crippen molar-refractivity contribution in [1.29, 1.82) is 0 Å². The van der Waals surface area contributed by atoms with E-state index in [2.05, 4.69) is 5.32 Å². The molecule has 2 amide bonds. The Morgan fingerprint density at radius 1 is 1.43 bits per heavy atom. The van der Waals surface area contributed by atoms with Crippen molar-refractivity contribution in [3.05, 3.63) is 0 Å². The standard InChI is InChI=1S/C14H26N4O3/c1-10(16)13(20)17-12(6-2-3-7-15)14(21)18-8-4-5-11(18)9-19/h9-12H,2-8,15-16H2,1H3,(H,17,20)/t10-,11+,12+/m1/s1. The SMILES string of the molecule is C[C@@H](N)C(=O)N[C@@H](CCCCN)C(=O)N1CCC[C@H]1C=O. The summed E-state index contributed by atoms with van der Waals surface area (Å²) in [4.78, 5) is 36.9. The van der Waals surface area contributed by atoms with Crippen LogP contribution in [0.3, 0.4) is 0 Å². The van der Waals surface area contributed by atoms with Crippen molar-refractivity contribution in [3.8, 4) is 0 Å². The van der Waals surface area contributed by atoms with Gasteiger partial charge in [-0.15, -0.1) is 0 Å². The molecule has 1 rings (SSSR count). The average molecular weight is 298 g/mol. The van der Waals surface area contributed by atoms with Gasteiger partial charge in [0.05, 0.1) is 12.1 Å². The van der Waals surface area contributed by atoms with Crippen LogP contribution in [-0.2, 0) is 14.4 Å². The van der Waals surface area contributed by atoms with Crippen molar-refractivity contribution < 1.29 is 14.4 Å². The minimum atomic E-state index is -0.671. The molecule has 0 aromatic rings. The number of amides is 2. The first-order valence-corrected chi connectivity index (χ1v) is 7.53. The van der Waals surface area contributed by atoms with Crippen LogP contribution >= 0.6 is 0 Å². The van der Waals surface area contributed by atoms with Gasteiger partial charge in [-0.25, -0.2) is 0 Å². The number of aldehydes is 1. The summed E-state index contributed by atoms with van der Waals surface area (Å²) in [6.45, 7) is 2.67. The molecule has 5 N–H and O–H groups in total. The molecule has 1 heterocycles. The molecule has 120 valence electrons. The van der Waals surface area contributed by atoms with E-state index in [1.165, 1.54) is 0 Å². The third kappa shape index (κ3) is 5.09. The molecule has 1 fully saturated rings. The monoisotopic (exact) mass is 298 g/mol. The van der Waals surface area contributed by atoms with Gasteiger partial charge in [0.25, 0.3) is 0 Å². The normalized spacial score (nSPS) is 20.9. The predicted octanol–water partition coefficient (Wildman–Crippen LogP) is -0.863. The Labute approximate surface area is 125 Å². The van der Waals surface area contributed by atoms with Gasteiger partial charge in [-0.3, -0.25) is 9.59 Å². The highest BCUT2D eigenvalue weighted by Gasteiger charge is 2.33. The zero-order valence-electron chi connectivity index (χ0n) is 12.6. The molecule has 7 nitrogen and oxygen atoms in total. The second-order valence-corrected chi connectivity index (χ2v) is 5.51. The van der Waals surface area contributed by atoms with Crippen molar-refractivity contribution in [3.63, 3.8) is 0 Å². The molecule has 0 spiro atoms. The maximum Gasteiger partial charge on any atom is 0.245 e. The van der Waals surface area contributed by atoms with E-state index >= 15 is 0 Å². The van der Waals surface area contributed by atoms with Gasteiger partial charge in [0.2, 0.25) is 11.8 Å². The number of hydrogen-bond donors (Lipinski definition) is 3. The molecule has 0 aromatic heterocycles. The van der Waals surface area contributed by atoms with Gasteiger partial charge in [-0.2, -0.15) is 0 Å². The molecule has 0 aliphatic carbocycles. The summed E-state index contributed by atoms with van der Waals surface area (Å²) in [7, 11) is 0. The highest BCUT2D eigenvalue weighted by Crippen LogP contribution is 2.18. The number of rotatable bonds is 8. The van der Waals surface area contributed by atoms with Crippen molar-refractivity contribution in [2.24, 2.45) is 11.5 Å². The lowest BCUT2D eigenvalue weighted by Gasteiger charge is -2.27. The lowest BCUT2D eigenvalue weighted by Crippen LogP contribution is -2.53. The Bertz CT molecular complexity index is 373. The zero-order valence-corrected chi connectivity index (χ0v) is 12.6. The van der Waals surface area contributed by atoms with E-state index in [-0.39, 0.29) is 17.9 Å². The molecule has 0 bridgehead atoms. The summed E-state index contributed by atoms with van der Waals surface area (Å²) in [6.07, 6.45) is 4.34. The molecule has 3 atom stereocenters. The van der Waals surface area contributed by atoms with Crippen LogP contribution in [0.2, 0.25) is 0 Å². The first kappa shape index (κ1) is 17.6. The van der Waals surface area contributed by atoms with Crippen molar-refractivity contribution in [2.75, 3.05) is 13.1 Å². The Hall–Kier alpha value is -1.47. The molecule has 1 aliphatic heterocycles. The fourth-order valence-corrected chi connectivity index (χ4v) is 2.46. The summed E-state index contributed by atoms with van der Waals surface area (Å²) in [6, 6.07) is -1.67. The molecule has 0 aromatic carbocycles. The number of hydrogen-bond acceptors (Lipinski definition) is 5. The fourth-order valence-electron chi connectivity index (χ4n) is 2.46. The molecule has 21 heavy (non-hydrogen) atoms. The maximum atomic E-state index is 12.5. The van der Waals surface area contributed by atoms with Crippen molar-refractivity contribution >= 4 is 18.1 Å². The van der Waals surface area contributed by atoms with Crippen molar-refractivity contribution in [1.82, 2.24) is 10.2 Å².